The van der Waals surface area contributed by atoms with E-state index in [0.29, 0.717) is 11.4 Å². The highest BCUT2D eigenvalue weighted by Crippen LogP contribution is 2.20. The Morgan fingerprint density at radius 2 is 1.53 bits per heavy atom. The first kappa shape index (κ1) is 27.2. The molecule has 0 radical (unpaired) electrons. The molecule has 0 aliphatic carbocycles. The third-order valence-corrected chi connectivity index (χ3v) is 6.56. The minimum atomic E-state index is -3.74. The van der Waals surface area contributed by atoms with Crippen molar-refractivity contribution in [3.05, 3.63) is 59.7 Å². The van der Waals surface area contributed by atoms with Crippen molar-refractivity contribution < 1.29 is 22.7 Å². The van der Waals surface area contributed by atoms with Crippen LogP contribution in [-0.2, 0) is 32.6 Å². The predicted molar refractivity (Wildman–Crippen MR) is 134 cm³/mol. The number of ether oxygens (including phenoxy) is 1. The van der Waals surface area contributed by atoms with E-state index < -0.39 is 28.5 Å². The highest BCUT2D eigenvalue weighted by Gasteiger charge is 2.30. The lowest BCUT2D eigenvalue weighted by atomic mass is 10.1. The van der Waals surface area contributed by atoms with E-state index >= 15 is 0 Å². The van der Waals surface area contributed by atoms with Crippen molar-refractivity contribution in [2.45, 2.75) is 52.7 Å². The van der Waals surface area contributed by atoms with Gasteiger partial charge in [-0.3, -0.25) is 13.9 Å². The molecule has 0 spiro atoms. The number of anilines is 1. The van der Waals surface area contributed by atoms with Gasteiger partial charge in [0.25, 0.3) is 0 Å². The monoisotopic (exact) mass is 489 g/mol. The Kier molecular flexibility index (Phi) is 9.49. The lowest BCUT2D eigenvalue weighted by molar-refractivity contribution is -0.139. The lowest BCUT2D eigenvalue weighted by Gasteiger charge is -2.32. The van der Waals surface area contributed by atoms with E-state index in [1.54, 1.807) is 38.3 Å². The Morgan fingerprint density at radius 1 is 0.971 bits per heavy atom. The topological polar surface area (TPSA) is 96.0 Å². The van der Waals surface area contributed by atoms with E-state index in [2.05, 4.69) is 5.32 Å². The van der Waals surface area contributed by atoms with Gasteiger partial charge in [-0.15, -0.1) is 0 Å². The van der Waals surface area contributed by atoms with Crippen LogP contribution in [0, 0.1) is 0 Å². The van der Waals surface area contributed by atoms with Gasteiger partial charge < -0.3 is 15.0 Å². The normalized spacial score (nSPS) is 12.2. The van der Waals surface area contributed by atoms with E-state index in [1.807, 2.05) is 45.0 Å². The zero-order valence-electron chi connectivity index (χ0n) is 20.7. The minimum absolute atomic E-state index is 0.0995. The van der Waals surface area contributed by atoms with Crippen LogP contribution >= 0.6 is 0 Å². The van der Waals surface area contributed by atoms with Crippen LogP contribution in [0.1, 0.15) is 38.8 Å². The van der Waals surface area contributed by atoms with Crippen molar-refractivity contribution >= 4 is 27.5 Å². The maximum Gasteiger partial charge on any atom is 0.244 e. The third-order valence-electron chi connectivity index (χ3n) is 5.42. The summed E-state index contributed by atoms with van der Waals surface area (Å²) in [6, 6.07) is 13.3. The number of aryl methyl sites for hydroxylation is 1. The quantitative estimate of drug-likeness (QED) is 0.524. The summed E-state index contributed by atoms with van der Waals surface area (Å²) < 4.78 is 31.4. The highest BCUT2D eigenvalue weighted by atomic mass is 32.2. The van der Waals surface area contributed by atoms with Crippen LogP contribution in [0.2, 0.25) is 0 Å². The molecule has 0 aliphatic rings. The van der Waals surface area contributed by atoms with Crippen molar-refractivity contribution in [3.63, 3.8) is 0 Å². The molecule has 0 unspecified atom stereocenters. The second kappa shape index (κ2) is 11.9. The smallest absolute Gasteiger partial charge is 0.244 e. The number of hydrogen-bond donors (Lipinski definition) is 1. The van der Waals surface area contributed by atoms with Gasteiger partial charge in [0.2, 0.25) is 21.8 Å². The van der Waals surface area contributed by atoms with E-state index in [4.69, 9.17) is 4.74 Å². The largest absolute Gasteiger partial charge is 0.497 e. The molecule has 2 rings (SSSR count). The molecule has 1 N–H and O–H groups in total. The van der Waals surface area contributed by atoms with Gasteiger partial charge in [-0.05, 0) is 62.6 Å². The van der Waals surface area contributed by atoms with Gasteiger partial charge in [0.05, 0.1) is 19.1 Å². The van der Waals surface area contributed by atoms with Crippen molar-refractivity contribution in [2.75, 3.05) is 24.2 Å². The summed E-state index contributed by atoms with van der Waals surface area (Å²) in [7, 11) is -2.18. The molecule has 0 aromatic heterocycles. The molecule has 186 valence electrons. The molecule has 0 saturated heterocycles. The maximum atomic E-state index is 13.5. The minimum Gasteiger partial charge on any atom is -0.497 e. The zero-order valence-corrected chi connectivity index (χ0v) is 21.6. The second-order valence-electron chi connectivity index (χ2n) is 8.50. The van der Waals surface area contributed by atoms with Gasteiger partial charge >= 0.3 is 0 Å². The number of nitrogens with zero attached hydrogens (tertiary/aromatic N) is 2. The van der Waals surface area contributed by atoms with Crippen molar-refractivity contribution in [1.29, 1.82) is 0 Å². The molecule has 2 aromatic carbocycles. The first-order chi connectivity index (χ1) is 16.0. The number of amides is 2. The fourth-order valence-corrected chi connectivity index (χ4v) is 4.28. The first-order valence-electron chi connectivity index (χ1n) is 11.3. The zero-order chi connectivity index (χ0) is 25.5. The average molecular weight is 490 g/mol. The SMILES string of the molecule is CCc1ccc(N(CC(=O)N(Cc2ccc(OC)cc2)[C@@H](C)C(=O)NC(C)C)S(C)(=O)=O)cc1. The Hall–Kier alpha value is -3.07. The number of nitrogens with one attached hydrogen (secondary N) is 1. The predicted octanol–water partition coefficient (Wildman–Crippen LogP) is 2.97. The third kappa shape index (κ3) is 7.48. The van der Waals surface area contributed by atoms with Gasteiger partial charge in [-0.1, -0.05) is 31.2 Å². The van der Waals surface area contributed by atoms with Gasteiger partial charge in [-0.2, -0.15) is 0 Å². The molecule has 34 heavy (non-hydrogen) atoms. The van der Waals surface area contributed by atoms with E-state index in [0.717, 1.165) is 28.1 Å². The number of sulfonamides is 1. The number of rotatable bonds is 11. The van der Waals surface area contributed by atoms with Crippen LogP contribution in [0.4, 0.5) is 5.69 Å². The molecular weight excluding hydrogens is 454 g/mol. The van der Waals surface area contributed by atoms with Crippen LogP contribution in [0.15, 0.2) is 48.5 Å². The molecule has 8 nitrogen and oxygen atoms in total. The molecule has 1 atom stereocenters. The summed E-state index contributed by atoms with van der Waals surface area (Å²) in [6.07, 6.45) is 1.88. The average Bonchev–Trinajstić information content (AvgIpc) is 2.79. The summed E-state index contributed by atoms with van der Waals surface area (Å²) in [5.74, 6) is -0.117. The summed E-state index contributed by atoms with van der Waals surface area (Å²) in [6.45, 7) is 7.05. The van der Waals surface area contributed by atoms with Gasteiger partial charge in [-0.25, -0.2) is 8.42 Å². The Bertz CT molecular complexity index is 1070. The molecule has 0 fully saturated rings. The van der Waals surface area contributed by atoms with Gasteiger partial charge in [0.15, 0.2) is 0 Å². The van der Waals surface area contributed by atoms with E-state index in [1.165, 1.54) is 4.90 Å². The Morgan fingerprint density at radius 3 is 2.00 bits per heavy atom. The second-order valence-corrected chi connectivity index (χ2v) is 10.4. The molecule has 0 aliphatic heterocycles. The van der Waals surface area contributed by atoms with Crippen molar-refractivity contribution in [2.24, 2.45) is 0 Å². The van der Waals surface area contributed by atoms with Crippen LogP contribution in [-0.4, -0.2) is 57.1 Å². The van der Waals surface area contributed by atoms with Crippen molar-refractivity contribution in [1.82, 2.24) is 10.2 Å². The summed E-state index contributed by atoms with van der Waals surface area (Å²) >= 11 is 0. The molecular formula is C25H35N3O5S. The summed E-state index contributed by atoms with van der Waals surface area (Å²) in [5, 5.41) is 2.83. The highest BCUT2D eigenvalue weighted by molar-refractivity contribution is 7.92. The Balaban J connectivity index is 2.37. The Labute approximate surface area is 202 Å². The van der Waals surface area contributed by atoms with Crippen LogP contribution < -0.4 is 14.4 Å². The van der Waals surface area contributed by atoms with Crippen LogP contribution in [0.25, 0.3) is 0 Å². The van der Waals surface area contributed by atoms with Gasteiger partial charge in [0.1, 0.15) is 18.3 Å². The maximum absolute atomic E-state index is 13.5. The molecule has 2 aromatic rings. The first-order valence-corrected chi connectivity index (χ1v) is 13.1. The number of hydrogen-bond acceptors (Lipinski definition) is 5. The van der Waals surface area contributed by atoms with Crippen LogP contribution in [0.5, 0.6) is 5.75 Å². The standard InChI is InChI=1S/C25H35N3O5S/c1-7-20-8-12-22(13-9-20)28(34(6,31)32)17-24(29)27(19(4)25(30)26-18(2)3)16-21-10-14-23(33-5)15-11-21/h8-15,18-19H,7,16-17H2,1-6H3,(H,26,30)/t19-/m0/s1. The lowest BCUT2D eigenvalue weighted by Crippen LogP contribution is -2.52. The fourth-order valence-electron chi connectivity index (χ4n) is 3.43. The summed E-state index contributed by atoms with van der Waals surface area (Å²) in [5.41, 5.74) is 2.25. The molecule has 9 heteroatoms. The van der Waals surface area contributed by atoms with E-state index in [9.17, 15) is 18.0 Å². The van der Waals surface area contributed by atoms with Gasteiger partial charge in [0, 0.05) is 12.6 Å². The number of carbonyl (C=O) groups is 2. The molecule has 0 bridgehead atoms. The number of methoxy groups -OCH3 is 1. The van der Waals surface area contributed by atoms with Crippen molar-refractivity contribution in [3.8, 4) is 5.75 Å². The molecule has 0 saturated carbocycles. The summed E-state index contributed by atoms with van der Waals surface area (Å²) in [4.78, 5) is 27.6. The van der Waals surface area contributed by atoms with Crippen LogP contribution in [0.3, 0.4) is 0 Å². The molecule has 0 heterocycles. The van der Waals surface area contributed by atoms with E-state index in [-0.39, 0.29) is 18.5 Å². The molecule has 2 amide bonds. The number of benzene rings is 2. The number of carbonyl (C=O) groups excluding carboxylic acids is 2. The fraction of sp³-hybridized carbons (Fsp3) is 0.440.